The largest absolute Gasteiger partial charge is 0.465 e. The molecule has 0 saturated heterocycles. The second-order valence-corrected chi connectivity index (χ2v) is 8.65. The Kier molecular flexibility index (Phi) is 5.67. The highest BCUT2D eigenvalue weighted by atomic mass is 32.2. The second kappa shape index (κ2) is 8.37. The van der Waals surface area contributed by atoms with Gasteiger partial charge in [0.1, 0.15) is 11.0 Å². The average molecular weight is 413 g/mol. The minimum Gasteiger partial charge on any atom is -0.465 e. The molecule has 2 aromatic carbocycles. The van der Waals surface area contributed by atoms with Gasteiger partial charge in [0.25, 0.3) is 0 Å². The summed E-state index contributed by atoms with van der Waals surface area (Å²) in [5.74, 6) is -0.252. The van der Waals surface area contributed by atoms with Crippen LogP contribution < -0.4 is 10.0 Å². The molecular weight excluding hydrogens is 388 g/mol. The molecule has 2 N–H and O–H groups in total. The van der Waals surface area contributed by atoms with Crippen LogP contribution >= 0.6 is 0 Å². The number of anilines is 1. The van der Waals surface area contributed by atoms with E-state index >= 15 is 0 Å². The van der Waals surface area contributed by atoms with E-state index in [1.165, 1.54) is 29.4 Å². The van der Waals surface area contributed by atoms with Crippen molar-refractivity contribution < 1.29 is 18.5 Å². The minimum atomic E-state index is -1.57. The van der Waals surface area contributed by atoms with E-state index in [2.05, 4.69) is 20.8 Å². The molecule has 29 heavy (non-hydrogen) atoms. The Bertz CT molecular complexity index is 953. The maximum absolute atomic E-state index is 12.5. The number of nitrogens with one attached hydrogen (secondary N) is 2. The van der Waals surface area contributed by atoms with Gasteiger partial charge < -0.3 is 10.1 Å². The first-order valence-electron chi connectivity index (χ1n) is 9.85. The third kappa shape index (κ3) is 4.19. The fourth-order valence-corrected chi connectivity index (χ4v) is 5.08. The molecule has 0 aliphatic heterocycles. The summed E-state index contributed by atoms with van der Waals surface area (Å²) in [6, 6.07) is 8.53. The molecule has 2 aliphatic carbocycles. The summed E-state index contributed by atoms with van der Waals surface area (Å²) in [5.41, 5.74) is 7.29. The van der Waals surface area contributed by atoms with E-state index < -0.39 is 23.0 Å². The number of hydrogen-bond donors (Lipinski definition) is 2. The van der Waals surface area contributed by atoms with E-state index in [4.69, 9.17) is 0 Å². The first kappa shape index (κ1) is 19.6. The standard InChI is InChI=1S/C22H24N2O4S/c1-28-21(25)15-10-8-14(9-11-15)13-29(27)24-22(26)23-20-18-6-2-4-16(18)12-17-5-3-7-19(17)20/h8-12H,2-7,13H2,1H3,(H2,23,24,26). The zero-order valence-electron chi connectivity index (χ0n) is 16.4. The molecule has 152 valence electrons. The van der Waals surface area contributed by atoms with E-state index in [0.29, 0.717) is 5.56 Å². The molecule has 0 spiro atoms. The molecule has 0 heterocycles. The summed E-state index contributed by atoms with van der Waals surface area (Å²) in [7, 11) is -0.244. The van der Waals surface area contributed by atoms with Crippen molar-refractivity contribution in [2.45, 2.75) is 44.3 Å². The molecule has 4 rings (SSSR count). The fraction of sp³-hybridized carbons (Fsp3) is 0.364. The smallest absolute Gasteiger partial charge is 0.337 e. The van der Waals surface area contributed by atoms with Crippen LogP contribution in [-0.2, 0) is 47.2 Å². The van der Waals surface area contributed by atoms with Gasteiger partial charge in [-0.05, 0) is 78.5 Å². The van der Waals surface area contributed by atoms with Gasteiger partial charge in [-0.2, -0.15) is 0 Å². The predicted octanol–water partition coefficient (Wildman–Crippen LogP) is 3.44. The zero-order chi connectivity index (χ0) is 20.4. The highest BCUT2D eigenvalue weighted by molar-refractivity contribution is 7.82. The summed E-state index contributed by atoms with van der Waals surface area (Å²) in [6.45, 7) is 0. The van der Waals surface area contributed by atoms with Crippen molar-refractivity contribution in [3.8, 4) is 0 Å². The normalized spacial score (nSPS) is 15.3. The van der Waals surface area contributed by atoms with Crippen LogP contribution in [0, 0.1) is 0 Å². The van der Waals surface area contributed by atoms with Crippen molar-refractivity contribution in [3.63, 3.8) is 0 Å². The lowest BCUT2D eigenvalue weighted by atomic mass is 9.99. The number of aryl methyl sites for hydroxylation is 2. The summed E-state index contributed by atoms with van der Waals surface area (Å²) < 4.78 is 19.6. The maximum Gasteiger partial charge on any atom is 0.337 e. The number of benzene rings is 2. The molecule has 0 radical (unpaired) electrons. The number of rotatable bonds is 5. The minimum absolute atomic E-state index is 0.167. The van der Waals surface area contributed by atoms with Crippen LogP contribution in [0.1, 0.15) is 51.0 Å². The molecular formula is C22H24N2O4S. The Morgan fingerprint density at radius 2 is 1.62 bits per heavy atom. The van der Waals surface area contributed by atoms with Crippen LogP contribution in [0.2, 0.25) is 0 Å². The Labute approximate surface area is 172 Å². The van der Waals surface area contributed by atoms with Crippen LogP contribution in [0.5, 0.6) is 0 Å². The average Bonchev–Trinajstić information content (AvgIpc) is 3.36. The third-order valence-electron chi connectivity index (χ3n) is 5.59. The molecule has 2 amide bonds. The first-order valence-corrected chi connectivity index (χ1v) is 11.2. The van der Waals surface area contributed by atoms with Gasteiger partial charge in [0.15, 0.2) is 0 Å². The third-order valence-corrected chi connectivity index (χ3v) is 6.60. The van der Waals surface area contributed by atoms with Gasteiger partial charge in [-0.15, -0.1) is 0 Å². The van der Waals surface area contributed by atoms with E-state index in [9.17, 15) is 13.8 Å². The summed E-state index contributed by atoms with van der Waals surface area (Å²) in [6.07, 6.45) is 6.31. The van der Waals surface area contributed by atoms with Crippen LogP contribution in [0.15, 0.2) is 30.3 Å². The zero-order valence-corrected chi connectivity index (χ0v) is 17.2. The highest BCUT2D eigenvalue weighted by Gasteiger charge is 2.25. The van der Waals surface area contributed by atoms with E-state index in [1.54, 1.807) is 24.3 Å². The van der Waals surface area contributed by atoms with Crippen molar-refractivity contribution in [2.24, 2.45) is 0 Å². The molecule has 1 atom stereocenters. The summed E-state index contributed by atoms with van der Waals surface area (Å²) in [4.78, 5) is 24.0. The molecule has 6 nitrogen and oxygen atoms in total. The monoisotopic (exact) mass is 412 g/mol. The van der Waals surface area contributed by atoms with E-state index in [-0.39, 0.29) is 5.75 Å². The van der Waals surface area contributed by atoms with Crippen molar-refractivity contribution in [1.82, 2.24) is 4.72 Å². The molecule has 7 heteroatoms. The summed E-state index contributed by atoms with van der Waals surface area (Å²) in [5, 5.41) is 2.99. The Morgan fingerprint density at radius 3 is 2.21 bits per heavy atom. The van der Waals surface area contributed by atoms with Gasteiger partial charge in [0.05, 0.1) is 18.4 Å². The van der Waals surface area contributed by atoms with Crippen LogP contribution in [0.3, 0.4) is 0 Å². The molecule has 0 aromatic heterocycles. The van der Waals surface area contributed by atoms with Gasteiger partial charge in [0.2, 0.25) is 0 Å². The molecule has 0 bridgehead atoms. The number of fused-ring (bicyclic) bond motifs is 2. The number of esters is 1. The quantitative estimate of drug-likeness (QED) is 0.737. The van der Waals surface area contributed by atoms with Crippen LogP contribution in [0.25, 0.3) is 0 Å². The number of amides is 2. The topological polar surface area (TPSA) is 84.5 Å². The van der Waals surface area contributed by atoms with Crippen molar-refractivity contribution in [2.75, 3.05) is 12.4 Å². The number of methoxy groups -OCH3 is 1. The lowest BCUT2D eigenvalue weighted by Gasteiger charge is -2.16. The number of carbonyl (C=O) groups excluding carboxylic acids is 2. The van der Waals surface area contributed by atoms with Gasteiger partial charge in [-0.25, -0.2) is 13.8 Å². The number of ether oxygens (including phenoxy) is 1. The highest BCUT2D eigenvalue weighted by Crippen LogP contribution is 2.38. The Hall–Kier alpha value is -2.67. The summed E-state index contributed by atoms with van der Waals surface area (Å²) >= 11 is 0. The van der Waals surface area contributed by atoms with E-state index in [0.717, 1.165) is 49.8 Å². The van der Waals surface area contributed by atoms with Crippen LogP contribution in [-0.4, -0.2) is 23.3 Å². The maximum atomic E-state index is 12.5. The second-order valence-electron chi connectivity index (χ2n) is 7.47. The van der Waals surface area contributed by atoms with Crippen molar-refractivity contribution in [3.05, 3.63) is 63.7 Å². The van der Waals surface area contributed by atoms with Crippen molar-refractivity contribution in [1.29, 1.82) is 0 Å². The molecule has 0 fully saturated rings. The first-order chi connectivity index (χ1) is 14.0. The number of hydrogen-bond acceptors (Lipinski definition) is 4. The molecule has 2 aliphatic rings. The van der Waals surface area contributed by atoms with Crippen LogP contribution in [0.4, 0.5) is 10.5 Å². The molecule has 2 aromatic rings. The van der Waals surface area contributed by atoms with Gasteiger partial charge in [-0.1, -0.05) is 18.2 Å². The fourth-order valence-electron chi connectivity index (χ4n) is 4.25. The number of urea groups is 1. The lowest BCUT2D eigenvalue weighted by molar-refractivity contribution is 0.0600. The van der Waals surface area contributed by atoms with E-state index in [1.807, 2.05) is 0 Å². The van der Waals surface area contributed by atoms with Gasteiger partial charge >= 0.3 is 12.0 Å². The Morgan fingerprint density at radius 1 is 1.00 bits per heavy atom. The molecule has 0 saturated carbocycles. The molecule has 1 unspecified atom stereocenters. The van der Waals surface area contributed by atoms with Gasteiger partial charge in [-0.3, -0.25) is 4.72 Å². The predicted molar refractivity (Wildman–Crippen MR) is 112 cm³/mol. The Balaban J connectivity index is 1.41. The van der Waals surface area contributed by atoms with Gasteiger partial charge in [0, 0.05) is 5.69 Å². The SMILES string of the molecule is COC(=O)c1ccc(CS(=O)NC(=O)Nc2c3c(cc4c2CCC4)CCC3)cc1. The lowest BCUT2D eigenvalue weighted by Crippen LogP contribution is -2.32. The van der Waals surface area contributed by atoms with Crippen molar-refractivity contribution >= 4 is 28.7 Å². The number of carbonyl (C=O) groups is 2.